The summed E-state index contributed by atoms with van der Waals surface area (Å²) in [7, 11) is 0. The molecule has 19 heavy (non-hydrogen) atoms. The summed E-state index contributed by atoms with van der Waals surface area (Å²) in [6, 6.07) is 9.72. The first kappa shape index (κ1) is 12.4. The number of nitrogens with zero attached hydrogens (tertiary/aromatic N) is 1. The van der Waals surface area contributed by atoms with E-state index in [1.54, 1.807) is 18.3 Å². The maximum absolute atomic E-state index is 12.2. The monoisotopic (exact) mass is 271 g/mol. The van der Waals surface area contributed by atoms with Gasteiger partial charge in [0.2, 0.25) is 0 Å². The third-order valence-electron chi connectivity index (χ3n) is 3.58. The largest absolute Gasteiger partial charge is 0.294 e. The van der Waals surface area contributed by atoms with Gasteiger partial charge in [0, 0.05) is 18.2 Å². The number of pyridine rings is 1. The lowest BCUT2D eigenvalue weighted by atomic mass is 10.0. The van der Waals surface area contributed by atoms with Gasteiger partial charge in [0.1, 0.15) is 5.15 Å². The van der Waals surface area contributed by atoms with Gasteiger partial charge in [-0.15, -0.1) is 0 Å². The van der Waals surface area contributed by atoms with E-state index in [0.29, 0.717) is 17.1 Å². The molecule has 1 aromatic carbocycles. The molecule has 0 N–H and O–H groups in total. The molecule has 0 fully saturated rings. The number of halogens is 1. The van der Waals surface area contributed by atoms with Crippen molar-refractivity contribution in [2.75, 3.05) is 0 Å². The number of ketones is 1. The number of carbonyl (C=O) groups is 1. The van der Waals surface area contributed by atoms with E-state index >= 15 is 0 Å². The zero-order chi connectivity index (χ0) is 13.2. The first-order valence-corrected chi connectivity index (χ1v) is 6.85. The van der Waals surface area contributed by atoms with Crippen molar-refractivity contribution in [2.45, 2.75) is 25.7 Å². The fraction of sp³-hybridized carbons (Fsp3) is 0.250. The Kier molecular flexibility index (Phi) is 3.34. The second kappa shape index (κ2) is 5.14. The lowest BCUT2D eigenvalue weighted by Gasteiger charge is -2.05. The predicted molar refractivity (Wildman–Crippen MR) is 75.7 cm³/mol. The number of hydrogen-bond donors (Lipinski definition) is 0. The molecule has 1 aliphatic carbocycles. The maximum Gasteiger partial charge on any atom is 0.167 e. The van der Waals surface area contributed by atoms with E-state index in [9.17, 15) is 4.79 Å². The predicted octanol–water partition coefficient (Wildman–Crippen LogP) is 3.65. The normalized spacial score (nSPS) is 13.3. The fourth-order valence-electron chi connectivity index (χ4n) is 2.60. The van der Waals surface area contributed by atoms with Crippen molar-refractivity contribution < 1.29 is 4.79 Å². The van der Waals surface area contributed by atoms with Gasteiger partial charge in [0.25, 0.3) is 0 Å². The maximum atomic E-state index is 12.2. The smallest absolute Gasteiger partial charge is 0.167 e. The quantitative estimate of drug-likeness (QED) is 0.630. The van der Waals surface area contributed by atoms with Crippen LogP contribution in [0.25, 0.3) is 0 Å². The Hall–Kier alpha value is -1.67. The van der Waals surface area contributed by atoms with E-state index in [1.165, 1.54) is 24.0 Å². The number of hydrogen-bond acceptors (Lipinski definition) is 2. The molecule has 2 aromatic rings. The van der Waals surface area contributed by atoms with E-state index in [-0.39, 0.29) is 5.78 Å². The first-order chi connectivity index (χ1) is 9.22. The van der Waals surface area contributed by atoms with Gasteiger partial charge in [-0.3, -0.25) is 4.79 Å². The summed E-state index contributed by atoms with van der Waals surface area (Å²) in [6.07, 6.45) is 5.53. The number of aromatic nitrogens is 1. The minimum absolute atomic E-state index is 0.0854. The molecule has 0 spiro atoms. The van der Waals surface area contributed by atoms with Gasteiger partial charge in [-0.2, -0.15) is 0 Å². The molecule has 0 saturated carbocycles. The molecule has 0 aliphatic heterocycles. The van der Waals surface area contributed by atoms with Crippen LogP contribution in [0, 0.1) is 0 Å². The first-order valence-electron chi connectivity index (χ1n) is 6.48. The number of fused-ring (bicyclic) bond motifs is 1. The van der Waals surface area contributed by atoms with Crippen LogP contribution in [-0.4, -0.2) is 10.8 Å². The zero-order valence-electron chi connectivity index (χ0n) is 10.5. The van der Waals surface area contributed by atoms with Crippen molar-refractivity contribution in [1.29, 1.82) is 0 Å². The van der Waals surface area contributed by atoms with E-state index in [2.05, 4.69) is 23.2 Å². The minimum atomic E-state index is 0.0854. The highest BCUT2D eigenvalue weighted by Gasteiger charge is 2.13. The van der Waals surface area contributed by atoms with Crippen LogP contribution in [0.3, 0.4) is 0 Å². The van der Waals surface area contributed by atoms with Gasteiger partial charge in [-0.1, -0.05) is 29.8 Å². The summed E-state index contributed by atoms with van der Waals surface area (Å²) < 4.78 is 0. The summed E-state index contributed by atoms with van der Waals surface area (Å²) in [4.78, 5) is 16.1. The standard InChI is InChI=1S/C16H14ClNO/c17-16-10-14(6-7-18-16)15(19)9-11-4-5-12-2-1-3-13(12)8-11/h4-8,10H,1-3,9H2. The Labute approximate surface area is 117 Å². The molecular weight excluding hydrogens is 258 g/mol. The number of Topliss-reactive ketones (excluding diaryl/α,β-unsaturated/α-hetero) is 1. The molecule has 0 unspecified atom stereocenters. The zero-order valence-corrected chi connectivity index (χ0v) is 11.3. The van der Waals surface area contributed by atoms with Gasteiger partial charge < -0.3 is 0 Å². The molecule has 3 rings (SSSR count). The summed E-state index contributed by atoms with van der Waals surface area (Å²) in [6.45, 7) is 0. The number of benzene rings is 1. The Morgan fingerprint density at radius 2 is 2.00 bits per heavy atom. The van der Waals surface area contributed by atoms with Gasteiger partial charge in [0.15, 0.2) is 5.78 Å². The summed E-state index contributed by atoms with van der Waals surface area (Å²) in [5.74, 6) is 0.0854. The Bertz CT molecular complexity index is 636. The molecule has 3 heteroatoms. The van der Waals surface area contributed by atoms with Gasteiger partial charge >= 0.3 is 0 Å². The van der Waals surface area contributed by atoms with Crippen molar-refractivity contribution >= 4 is 17.4 Å². The van der Waals surface area contributed by atoms with Crippen LogP contribution in [0.4, 0.5) is 0 Å². The molecule has 0 amide bonds. The van der Waals surface area contributed by atoms with Gasteiger partial charge in [-0.25, -0.2) is 4.98 Å². The number of rotatable bonds is 3. The highest BCUT2D eigenvalue weighted by atomic mass is 35.5. The highest BCUT2D eigenvalue weighted by molar-refractivity contribution is 6.29. The van der Waals surface area contributed by atoms with E-state index < -0.39 is 0 Å². The van der Waals surface area contributed by atoms with Crippen LogP contribution in [0.2, 0.25) is 5.15 Å². The summed E-state index contributed by atoms with van der Waals surface area (Å²) >= 11 is 5.81. The molecule has 0 atom stereocenters. The minimum Gasteiger partial charge on any atom is -0.294 e. The third kappa shape index (κ3) is 2.69. The van der Waals surface area contributed by atoms with Crippen LogP contribution in [-0.2, 0) is 19.3 Å². The van der Waals surface area contributed by atoms with E-state index in [1.807, 2.05) is 0 Å². The van der Waals surface area contributed by atoms with Crippen molar-refractivity contribution in [3.8, 4) is 0 Å². The molecule has 1 aliphatic rings. The molecule has 2 nitrogen and oxygen atoms in total. The molecular formula is C16H14ClNO. The molecule has 96 valence electrons. The van der Waals surface area contributed by atoms with Gasteiger partial charge in [0.05, 0.1) is 0 Å². The van der Waals surface area contributed by atoms with Crippen molar-refractivity contribution in [2.24, 2.45) is 0 Å². The SMILES string of the molecule is O=C(Cc1ccc2c(c1)CCC2)c1ccnc(Cl)c1. The fourth-order valence-corrected chi connectivity index (χ4v) is 2.77. The average molecular weight is 272 g/mol. The molecule has 0 radical (unpaired) electrons. The van der Waals surface area contributed by atoms with Crippen molar-refractivity contribution in [3.63, 3.8) is 0 Å². The molecule has 1 aromatic heterocycles. The lowest BCUT2D eigenvalue weighted by molar-refractivity contribution is 0.0993. The molecule has 0 saturated heterocycles. The van der Waals surface area contributed by atoms with Crippen LogP contribution in [0.15, 0.2) is 36.5 Å². The van der Waals surface area contributed by atoms with Crippen LogP contribution in [0.5, 0.6) is 0 Å². The second-order valence-corrected chi connectivity index (χ2v) is 5.31. The number of carbonyl (C=O) groups excluding carboxylic acids is 1. The van der Waals surface area contributed by atoms with Gasteiger partial charge in [-0.05, 0) is 48.1 Å². The van der Waals surface area contributed by atoms with Crippen molar-refractivity contribution in [3.05, 3.63) is 63.9 Å². The third-order valence-corrected chi connectivity index (χ3v) is 3.78. The Balaban J connectivity index is 1.80. The Morgan fingerprint density at radius 3 is 2.84 bits per heavy atom. The lowest BCUT2D eigenvalue weighted by Crippen LogP contribution is -2.04. The van der Waals surface area contributed by atoms with Crippen LogP contribution >= 0.6 is 11.6 Å². The average Bonchev–Trinajstić information content (AvgIpc) is 2.86. The topological polar surface area (TPSA) is 30.0 Å². The Morgan fingerprint density at radius 1 is 1.16 bits per heavy atom. The summed E-state index contributed by atoms with van der Waals surface area (Å²) in [5, 5.41) is 0.361. The van der Waals surface area contributed by atoms with Crippen LogP contribution < -0.4 is 0 Å². The van der Waals surface area contributed by atoms with Crippen molar-refractivity contribution in [1.82, 2.24) is 4.98 Å². The van der Waals surface area contributed by atoms with E-state index in [4.69, 9.17) is 11.6 Å². The molecule has 0 bridgehead atoms. The number of aryl methyl sites for hydroxylation is 2. The highest BCUT2D eigenvalue weighted by Crippen LogP contribution is 2.23. The summed E-state index contributed by atoms with van der Waals surface area (Å²) in [5.41, 5.74) is 4.54. The van der Waals surface area contributed by atoms with Crippen LogP contribution in [0.1, 0.15) is 33.5 Å². The second-order valence-electron chi connectivity index (χ2n) is 4.92. The molecule has 1 heterocycles. The van der Waals surface area contributed by atoms with E-state index in [0.717, 1.165) is 12.0 Å².